The summed E-state index contributed by atoms with van der Waals surface area (Å²) in [4.78, 5) is 24.5. The van der Waals surface area contributed by atoms with Gasteiger partial charge in [-0.2, -0.15) is 5.26 Å². The molecule has 0 heterocycles. The van der Waals surface area contributed by atoms with Gasteiger partial charge in [0.1, 0.15) is 0 Å². The van der Waals surface area contributed by atoms with E-state index in [1.54, 1.807) is 36.2 Å². The van der Waals surface area contributed by atoms with Crippen LogP contribution in [0, 0.1) is 11.3 Å². The van der Waals surface area contributed by atoms with Crippen molar-refractivity contribution in [2.45, 2.75) is 6.42 Å². The first-order valence-corrected chi connectivity index (χ1v) is 6.10. The number of hydrogen-bond donors (Lipinski definition) is 1. The van der Waals surface area contributed by atoms with E-state index < -0.39 is 0 Å². The fourth-order valence-corrected chi connectivity index (χ4v) is 1.54. The largest absolute Gasteiger partial charge is 0.469 e. The predicted molar refractivity (Wildman–Crippen MR) is 73.9 cm³/mol. The molecule has 0 fully saturated rings. The van der Waals surface area contributed by atoms with Gasteiger partial charge in [-0.25, -0.2) is 0 Å². The van der Waals surface area contributed by atoms with E-state index in [0.717, 1.165) is 0 Å². The lowest BCUT2D eigenvalue weighted by molar-refractivity contribution is -0.141. The minimum absolute atomic E-state index is 0.178. The average molecular weight is 275 g/mol. The highest BCUT2D eigenvalue weighted by Gasteiger charge is 2.09. The number of amides is 1. The highest BCUT2D eigenvalue weighted by Crippen LogP contribution is 2.08. The van der Waals surface area contributed by atoms with Gasteiger partial charge in [0.15, 0.2) is 0 Å². The molecule has 1 aromatic carbocycles. The van der Waals surface area contributed by atoms with Crippen LogP contribution in [0.3, 0.4) is 0 Å². The van der Waals surface area contributed by atoms with Gasteiger partial charge in [0.25, 0.3) is 0 Å². The number of rotatable bonds is 6. The second-order valence-corrected chi connectivity index (χ2v) is 4.30. The first-order chi connectivity index (χ1) is 9.55. The van der Waals surface area contributed by atoms with Crippen molar-refractivity contribution in [2.75, 3.05) is 32.6 Å². The summed E-state index contributed by atoms with van der Waals surface area (Å²) in [7, 11) is 3.08. The van der Waals surface area contributed by atoms with Gasteiger partial charge in [-0.15, -0.1) is 0 Å². The molecule has 1 amide bonds. The Kier molecular flexibility index (Phi) is 6.20. The molecule has 0 aromatic heterocycles. The van der Waals surface area contributed by atoms with E-state index in [9.17, 15) is 9.59 Å². The monoisotopic (exact) mass is 275 g/mol. The van der Waals surface area contributed by atoms with E-state index in [4.69, 9.17) is 5.26 Å². The van der Waals surface area contributed by atoms with Crippen LogP contribution in [0.4, 0.5) is 5.69 Å². The minimum Gasteiger partial charge on any atom is -0.469 e. The fraction of sp³-hybridized carbons (Fsp3) is 0.357. The average Bonchev–Trinajstić information content (AvgIpc) is 2.45. The van der Waals surface area contributed by atoms with E-state index in [2.05, 4.69) is 10.1 Å². The Balaban J connectivity index is 2.38. The Morgan fingerprint density at radius 2 is 2.00 bits per heavy atom. The molecule has 0 spiro atoms. The molecule has 106 valence electrons. The molecule has 20 heavy (non-hydrogen) atoms. The zero-order valence-electron chi connectivity index (χ0n) is 11.5. The Hall–Kier alpha value is -2.39. The smallest absolute Gasteiger partial charge is 0.306 e. The zero-order valence-corrected chi connectivity index (χ0v) is 11.5. The van der Waals surface area contributed by atoms with Gasteiger partial charge in [-0.05, 0) is 31.3 Å². The number of likely N-dealkylation sites (N-methyl/N-ethyl adjacent to an activating group) is 1. The maximum atomic E-state index is 11.8. The van der Waals surface area contributed by atoms with Gasteiger partial charge in [0, 0.05) is 12.2 Å². The van der Waals surface area contributed by atoms with Crippen LogP contribution < -0.4 is 5.32 Å². The molecule has 0 radical (unpaired) electrons. The molecule has 0 saturated carbocycles. The van der Waals surface area contributed by atoms with Gasteiger partial charge in [-0.1, -0.05) is 0 Å². The van der Waals surface area contributed by atoms with Crippen LogP contribution >= 0.6 is 0 Å². The molecule has 0 aliphatic carbocycles. The highest BCUT2D eigenvalue weighted by atomic mass is 16.5. The van der Waals surface area contributed by atoms with Crippen LogP contribution in [0.15, 0.2) is 24.3 Å². The second kappa shape index (κ2) is 7.92. The summed E-state index contributed by atoms with van der Waals surface area (Å²) in [6.45, 7) is 0.629. The van der Waals surface area contributed by atoms with Gasteiger partial charge < -0.3 is 10.1 Å². The molecule has 1 rings (SSSR count). The number of ether oxygens (including phenoxy) is 1. The SMILES string of the molecule is COC(=O)CCN(C)CC(=O)Nc1ccc(C#N)cc1. The van der Waals surface area contributed by atoms with Crippen molar-refractivity contribution in [2.24, 2.45) is 0 Å². The molecule has 0 aliphatic heterocycles. The summed E-state index contributed by atoms with van der Waals surface area (Å²) in [5.41, 5.74) is 1.17. The number of esters is 1. The minimum atomic E-state index is -0.302. The van der Waals surface area contributed by atoms with Crippen molar-refractivity contribution in [3.05, 3.63) is 29.8 Å². The number of carbonyl (C=O) groups is 2. The van der Waals surface area contributed by atoms with E-state index >= 15 is 0 Å². The molecule has 1 aromatic rings. The summed E-state index contributed by atoms with van der Waals surface area (Å²) in [6.07, 6.45) is 0.247. The summed E-state index contributed by atoms with van der Waals surface area (Å²) < 4.78 is 4.53. The lowest BCUT2D eigenvalue weighted by Crippen LogP contribution is -2.31. The van der Waals surface area contributed by atoms with E-state index in [-0.39, 0.29) is 24.8 Å². The lowest BCUT2D eigenvalue weighted by Gasteiger charge is -2.15. The standard InChI is InChI=1S/C14H17N3O3/c1-17(8-7-14(19)20-2)10-13(18)16-12-5-3-11(9-15)4-6-12/h3-6H,7-8,10H2,1-2H3,(H,16,18). The van der Waals surface area contributed by atoms with Crippen LogP contribution in [0.1, 0.15) is 12.0 Å². The maximum absolute atomic E-state index is 11.8. The Morgan fingerprint density at radius 1 is 1.35 bits per heavy atom. The van der Waals surface area contributed by atoms with Crippen LogP contribution in [0.25, 0.3) is 0 Å². The van der Waals surface area contributed by atoms with Crippen molar-refractivity contribution < 1.29 is 14.3 Å². The Morgan fingerprint density at radius 3 is 2.55 bits per heavy atom. The molecule has 6 nitrogen and oxygen atoms in total. The molecular formula is C14H17N3O3. The third kappa shape index (κ3) is 5.50. The molecule has 6 heteroatoms. The van der Waals surface area contributed by atoms with Gasteiger partial charge in [0.2, 0.25) is 5.91 Å². The van der Waals surface area contributed by atoms with Gasteiger partial charge in [0.05, 0.1) is 31.7 Å². The highest BCUT2D eigenvalue weighted by molar-refractivity contribution is 5.92. The quantitative estimate of drug-likeness (QED) is 0.783. The van der Waals surface area contributed by atoms with E-state index in [1.807, 2.05) is 6.07 Å². The number of hydrogen-bond acceptors (Lipinski definition) is 5. The predicted octanol–water partition coefficient (Wildman–Crippen LogP) is 0.992. The van der Waals surface area contributed by atoms with Gasteiger partial charge >= 0.3 is 5.97 Å². The summed E-state index contributed by atoms with van der Waals surface area (Å²) in [5, 5.41) is 11.4. The van der Waals surface area contributed by atoms with Crippen molar-refractivity contribution in [3.63, 3.8) is 0 Å². The van der Waals surface area contributed by atoms with E-state index in [1.165, 1.54) is 7.11 Å². The molecule has 0 atom stereocenters. The normalized spacial score (nSPS) is 9.90. The molecule has 0 saturated heterocycles. The van der Waals surface area contributed by atoms with Gasteiger partial charge in [-0.3, -0.25) is 14.5 Å². The first-order valence-electron chi connectivity index (χ1n) is 6.10. The lowest BCUT2D eigenvalue weighted by atomic mass is 10.2. The maximum Gasteiger partial charge on any atom is 0.306 e. The number of benzene rings is 1. The van der Waals surface area contributed by atoms with Crippen molar-refractivity contribution >= 4 is 17.6 Å². The number of anilines is 1. The van der Waals surface area contributed by atoms with E-state index in [0.29, 0.717) is 17.8 Å². The third-order valence-corrected chi connectivity index (χ3v) is 2.64. The first kappa shape index (κ1) is 15.7. The van der Waals surface area contributed by atoms with Crippen molar-refractivity contribution in [1.29, 1.82) is 5.26 Å². The topological polar surface area (TPSA) is 82.4 Å². The number of methoxy groups -OCH3 is 1. The summed E-state index contributed by atoms with van der Waals surface area (Å²) in [6, 6.07) is 8.62. The third-order valence-electron chi connectivity index (χ3n) is 2.64. The number of nitrogens with one attached hydrogen (secondary N) is 1. The number of nitrogens with zero attached hydrogens (tertiary/aromatic N) is 2. The van der Waals surface area contributed by atoms with Crippen molar-refractivity contribution in [3.8, 4) is 6.07 Å². The van der Waals surface area contributed by atoms with Crippen LogP contribution in [0.2, 0.25) is 0 Å². The molecular weight excluding hydrogens is 258 g/mol. The van der Waals surface area contributed by atoms with Crippen molar-refractivity contribution in [1.82, 2.24) is 4.90 Å². The van der Waals surface area contributed by atoms with Crippen LogP contribution in [-0.4, -0.2) is 44.0 Å². The molecule has 0 bridgehead atoms. The van der Waals surface area contributed by atoms with Crippen LogP contribution in [0.5, 0.6) is 0 Å². The number of carbonyl (C=O) groups excluding carboxylic acids is 2. The Labute approximate surface area is 117 Å². The summed E-state index contributed by atoms with van der Waals surface area (Å²) >= 11 is 0. The number of nitriles is 1. The molecule has 0 aliphatic rings. The second-order valence-electron chi connectivity index (χ2n) is 4.30. The molecule has 1 N–H and O–H groups in total. The fourth-order valence-electron chi connectivity index (χ4n) is 1.54. The molecule has 0 unspecified atom stereocenters. The van der Waals surface area contributed by atoms with Crippen LogP contribution in [-0.2, 0) is 14.3 Å². The summed E-state index contributed by atoms with van der Waals surface area (Å²) in [5.74, 6) is -0.480. The zero-order chi connectivity index (χ0) is 15.0. The Bertz CT molecular complexity index is 505.